The second-order valence-electron chi connectivity index (χ2n) is 6.20. The van der Waals surface area contributed by atoms with E-state index in [1.807, 2.05) is 0 Å². The average Bonchev–Trinajstić information content (AvgIpc) is 2.43. The van der Waals surface area contributed by atoms with Gasteiger partial charge in [0.05, 0.1) is 0 Å². The number of hydrogen-bond acceptors (Lipinski definition) is 2. The van der Waals surface area contributed by atoms with Gasteiger partial charge in [-0.2, -0.15) is 0 Å². The maximum atomic E-state index is 2.82. The van der Waals surface area contributed by atoms with E-state index in [2.05, 4.69) is 23.6 Å². The zero-order valence-electron chi connectivity index (χ0n) is 12.5. The Morgan fingerprint density at radius 3 is 1.61 bits per heavy atom. The van der Waals surface area contributed by atoms with E-state index in [9.17, 15) is 0 Å². The van der Waals surface area contributed by atoms with Gasteiger partial charge in [-0.1, -0.05) is 39.5 Å². The lowest BCUT2D eigenvalue weighted by atomic mass is 9.86. The molecule has 1 saturated heterocycles. The second kappa shape index (κ2) is 7.49. The fourth-order valence-electron chi connectivity index (χ4n) is 3.81. The highest BCUT2D eigenvalue weighted by Crippen LogP contribution is 2.30. The molecule has 106 valence electrons. The third-order valence-electron chi connectivity index (χ3n) is 4.90. The van der Waals surface area contributed by atoms with Gasteiger partial charge in [0.2, 0.25) is 0 Å². The largest absolute Gasteiger partial charge is 0.298 e. The Hall–Kier alpha value is -0.0800. The monoisotopic (exact) mass is 252 g/mol. The molecule has 2 rings (SSSR count). The van der Waals surface area contributed by atoms with Crippen molar-refractivity contribution in [3.63, 3.8) is 0 Å². The molecule has 0 aromatic carbocycles. The standard InChI is InChI=1S/C16H32N2/c1-3-5-11-17-13-14-18(12-6-4-2)16-10-8-7-9-15(16)17/h15-16H,3-14H2,1-2H3. The predicted octanol–water partition coefficient (Wildman–Crippen LogP) is 3.52. The highest BCUT2D eigenvalue weighted by molar-refractivity contribution is 4.94. The van der Waals surface area contributed by atoms with Gasteiger partial charge in [-0.15, -0.1) is 0 Å². The highest BCUT2D eigenvalue weighted by Gasteiger charge is 2.36. The molecule has 0 aromatic heterocycles. The van der Waals surface area contributed by atoms with Crippen LogP contribution in [0.1, 0.15) is 65.2 Å². The summed E-state index contributed by atoms with van der Waals surface area (Å²) in [5.41, 5.74) is 0. The number of fused-ring (bicyclic) bond motifs is 1. The molecular formula is C16H32N2. The third kappa shape index (κ3) is 3.48. The molecular weight excluding hydrogens is 220 g/mol. The first-order valence-corrected chi connectivity index (χ1v) is 8.35. The van der Waals surface area contributed by atoms with E-state index in [-0.39, 0.29) is 0 Å². The summed E-state index contributed by atoms with van der Waals surface area (Å²) in [7, 11) is 0. The van der Waals surface area contributed by atoms with Crippen LogP contribution in [0, 0.1) is 0 Å². The van der Waals surface area contributed by atoms with Crippen LogP contribution in [0.25, 0.3) is 0 Å². The SMILES string of the molecule is CCCCN1CCN(CCCC)C2CCCCC21. The van der Waals surface area contributed by atoms with Crippen LogP contribution in [0.2, 0.25) is 0 Å². The van der Waals surface area contributed by atoms with Crippen LogP contribution in [0.5, 0.6) is 0 Å². The Morgan fingerprint density at radius 1 is 0.778 bits per heavy atom. The van der Waals surface area contributed by atoms with Crippen molar-refractivity contribution in [3.8, 4) is 0 Å². The van der Waals surface area contributed by atoms with Gasteiger partial charge in [0, 0.05) is 25.2 Å². The summed E-state index contributed by atoms with van der Waals surface area (Å²) < 4.78 is 0. The Morgan fingerprint density at radius 2 is 1.22 bits per heavy atom. The Balaban J connectivity index is 1.92. The third-order valence-corrected chi connectivity index (χ3v) is 4.90. The summed E-state index contributed by atoms with van der Waals surface area (Å²) in [5, 5.41) is 0. The number of unbranched alkanes of at least 4 members (excludes halogenated alkanes) is 2. The van der Waals surface area contributed by atoms with Crippen molar-refractivity contribution in [1.29, 1.82) is 0 Å². The van der Waals surface area contributed by atoms with Gasteiger partial charge in [0.25, 0.3) is 0 Å². The molecule has 0 bridgehead atoms. The molecule has 0 aromatic rings. The minimum atomic E-state index is 0.885. The molecule has 2 unspecified atom stereocenters. The van der Waals surface area contributed by atoms with E-state index in [0.29, 0.717) is 0 Å². The van der Waals surface area contributed by atoms with Crippen molar-refractivity contribution in [2.75, 3.05) is 26.2 Å². The number of nitrogens with zero attached hydrogens (tertiary/aromatic N) is 2. The molecule has 2 atom stereocenters. The first kappa shape index (κ1) is 14.3. The first-order chi connectivity index (χ1) is 8.86. The zero-order chi connectivity index (χ0) is 12.8. The van der Waals surface area contributed by atoms with Crippen LogP contribution in [-0.4, -0.2) is 48.1 Å². The maximum absolute atomic E-state index is 2.82. The normalized spacial score (nSPS) is 30.3. The second-order valence-corrected chi connectivity index (χ2v) is 6.20. The molecule has 18 heavy (non-hydrogen) atoms. The van der Waals surface area contributed by atoms with Crippen molar-refractivity contribution >= 4 is 0 Å². The van der Waals surface area contributed by atoms with Gasteiger partial charge < -0.3 is 0 Å². The molecule has 0 spiro atoms. The van der Waals surface area contributed by atoms with Crippen LogP contribution in [0.15, 0.2) is 0 Å². The molecule has 0 radical (unpaired) electrons. The summed E-state index contributed by atoms with van der Waals surface area (Å²) in [6.45, 7) is 9.97. The molecule has 2 heteroatoms. The van der Waals surface area contributed by atoms with Crippen molar-refractivity contribution in [1.82, 2.24) is 9.80 Å². The molecule has 1 aliphatic heterocycles. The molecule has 1 heterocycles. The van der Waals surface area contributed by atoms with E-state index in [4.69, 9.17) is 0 Å². The van der Waals surface area contributed by atoms with Crippen LogP contribution in [0.4, 0.5) is 0 Å². The average molecular weight is 252 g/mol. The smallest absolute Gasteiger partial charge is 0.0252 e. The molecule has 2 nitrogen and oxygen atoms in total. The molecule has 1 saturated carbocycles. The predicted molar refractivity (Wildman–Crippen MR) is 79.0 cm³/mol. The lowest BCUT2D eigenvalue weighted by Crippen LogP contribution is -2.60. The van der Waals surface area contributed by atoms with Crippen molar-refractivity contribution in [2.24, 2.45) is 0 Å². The summed E-state index contributed by atoms with van der Waals surface area (Å²) in [6, 6.07) is 1.77. The highest BCUT2D eigenvalue weighted by atomic mass is 15.3. The fourth-order valence-corrected chi connectivity index (χ4v) is 3.81. The Bertz CT molecular complexity index is 205. The van der Waals surface area contributed by atoms with Gasteiger partial charge in [-0.05, 0) is 38.8 Å². The number of hydrogen-bond donors (Lipinski definition) is 0. The minimum absolute atomic E-state index is 0.885. The van der Waals surface area contributed by atoms with Gasteiger partial charge in [0.1, 0.15) is 0 Å². The molecule has 2 aliphatic rings. The maximum Gasteiger partial charge on any atom is 0.0252 e. The van der Waals surface area contributed by atoms with Gasteiger partial charge in [0.15, 0.2) is 0 Å². The summed E-state index contributed by atoms with van der Waals surface area (Å²) in [6.07, 6.45) is 11.3. The van der Waals surface area contributed by atoms with Gasteiger partial charge >= 0.3 is 0 Å². The zero-order valence-corrected chi connectivity index (χ0v) is 12.5. The molecule has 1 aliphatic carbocycles. The fraction of sp³-hybridized carbons (Fsp3) is 1.00. The van der Waals surface area contributed by atoms with Crippen LogP contribution in [0.3, 0.4) is 0 Å². The lowest BCUT2D eigenvalue weighted by molar-refractivity contribution is -0.00504. The summed E-state index contributed by atoms with van der Waals surface area (Å²) in [5.74, 6) is 0. The quantitative estimate of drug-likeness (QED) is 0.714. The van der Waals surface area contributed by atoms with Crippen molar-refractivity contribution < 1.29 is 0 Å². The van der Waals surface area contributed by atoms with E-state index in [0.717, 1.165) is 12.1 Å². The van der Waals surface area contributed by atoms with E-state index in [1.54, 1.807) is 0 Å². The van der Waals surface area contributed by atoms with Crippen LogP contribution >= 0.6 is 0 Å². The lowest BCUT2D eigenvalue weighted by Gasteiger charge is -2.50. The van der Waals surface area contributed by atoms with E-state index >= 15 is 0 Å². The number of piperazine rings is 1. The molecule has 0 N–H and O–H groups in total. The molecule has 2 fully saturated rings. The summed E-state index contributed by atoms with van der Waals surface area (Å²) >= 11 is 0. The van der Waals surface area contributed by atoms with Crippen LogP contribution in [-0.2, 0) is 0 Å². The van der Waals surface area contributed by atoms with Crippen LogP contribution < -0.4 is 0 Å². The topological polar surface area (TPSA) is 6.48 Å². The Kier molecular flexibility index (Phi) is 5.97. The Labute approximate surface area is 114 Å². The first-order valence-electron chi connectivity index (χ1n) is 8.35. The number of rotatable bonds is 6. The minimum Gasteiger partial charge on any atom is -0.298 e. The van der Waals surface area contributed by atoms with Crippen molar-refractivity contribution in [2.45, 2.75) is 77.3 Å². The van der Waals surface area contributed by atoms with Gasteiger partial charge in [-0.3, -0.25) is 9.80 Å². The van der Waals surface area contributed by atoms with E-state index in [1.165, 1.54) is 77.5 Å². The summed E-state index contributed by atoms with van der Waals surface area (Å²) in [4.78, 5) is 5.63. The van der Waals surface area contributed by atoms with E-state index < -0.39 is 0 Å². The molecule has 0 amide bonds. The van der Waals surface area contributed by atoms with Gasteiger partial charge in [-0.25, -0.2) is 0 Å². The van der Waals surface area contributed by atoms with Crippen molar-refractivity contribution in [3.05, 3.63) is 0 Å².